The molecule has 1 fully saturated rings. The van der Waals surface area contributed by atoms with Gasteiger partial charge in [0, 0.05) is 6.42 Å². The van der Waals surface area contributed by atoms with E-state index in [1.54, 1.807) is 48.5 Å². The maximum Gasteiger partial charge on any atom is 0.343 e. The minimum atomic E-state index is -0.475. The summed E-state index contributed by atoms with van der Waals surface area (Å²) < 4.78 is 31.0. The standard InChI is InChI=1S/C36H38O6/c1-26(2)32-22-34(40-30-18-20-31(21-19-30)41-36(37)29-16-10-5-11-17-29)42-33(25-38-23-27-12-6-3-7-13-27)35(32)39-24-28-14-8-4-9-15-28/h3-21,26,32-35H,22-25H2,1-2H3. The van der Waals surface area contributed by atoms with E-state index in [0.29, 0.717) is 49.2 Å². The van der Waals surface area contributed by atoms with Crippen LogP contribution < -0.4 is 9.47 Å². The SMILES string of the molecule is CC(C)C1CC(Oc2ccc(OC(=O)c3ccccc3)cc2)OC(COCc2ccccc2)C1OCc1ccccc1. The number of benzene rings is 4. The number of hydrogen-bond donors (Lipinski definition) is 0. The number of esters is 1. The van der Waals surface area contributed by atoms with Gasteiger partial charge in [-0.2, -0.15) is 0 Å². The molecule has 6 nitrogen and oxygen atoms in total. The van der Waals surface area contributed by atoms with Gasteiger partial charge < -0.3 is 23.7 Å². The smallest absolute Gasteiger partial charge is 0.343 e. The molecule has 4 aromatic rings. The van der Waals surface area contributed by atoms with Crippen LogP contribution in [-0.4, -0.2) is 31.1 Å². The molecule has 1 aliphatic rings. The quantitative estimate of drug-likeness (QED) is 0.131. The summed E-state index contributed by atoms with van der Waals surface area (Å²) in [4.78, 5) is 12.4. The molecule has 0 amide bonds. The van der Waals surface area contributed by atoms with E-state index < -0.39 is 12.3 Å². The van der Waals surface area contributed by atoms with Gasteiger partial charge in [-0.05, 0) is 59.4 Å². The van der Waals surface area contributed by atoms with E-state index in [4.69, 9.17) is 23.7 Å². The monoisotopic (exact) mass is 566 g/mol. The van der Waals surface area contributed by atoms with Crippen molar-refractivity contribution < 1.29 is 28.5 Å². The van der Waals surface area contributed by atoms with Gasteiger partial charge in [0.15, 0.2) is 0 Å². The Morgan fingerprint density at radius 2 is 1.33 bits per heavy atom. The third-order valence-electron chi connectivity index (χ3n) is 7.43. The van der Waals surface area contributed by atoms with Crippen molar-refractivity contribution in [1.82, 2.24) is 0 Å². The van der Waals surface area contributed by atoms with Gasteiger partial charge in [0.2, 0.25) is 6.29 Å². The van der Waals surface area contributed by atoms with E-state index in [2.05, 4.69) is 38.1 Å². The van der Waals surface area contributed by atoms with Crippen LogP contribution in [0.5, 0.6) is 11.5 Å². The van der Waals surface area contributed by atoms with E-state index in [1.165, 1.54) is 0 Å². The van der Waals surface area contributed by atoms with E-state index in [1.807, 2.05) is 42.5 Å². The van der Waals surface area contributed by atoms with Crippen LogP contribution in [-0.2, 0) is 27.4 Å². The molecule has 0 saturated carbocycles. The molecule has 4 aromatic carbocycles. The van der Waals surface area contributed by atoms with Crippen molar-refractivity contribution in [3.05, 3.63) is 132 Å². The van der Waals surface area contributed by atoms with Gasteiger partial charge in [-0.1, -0.05) is 92.7 Å². The summed E-state index contributed by atoms with van der Waals surface area (Å²) in [6, 6.07) is 36.3. The maximum atomic E-state index is 12.4. The first-order valence-corrected chi connectivity index (χ1v) is 14.5. The van der Waals surface area contributed by atoms with Crippen molar-refractivity contribution in [3.63, 3.8) is 0 Å². The summed E-state index contributed by atoms with van der Waals surface area (Å²) >= 11 is 0. The van der Waals surface area contributed by atoms with Crippen molar-refractivity contribution in [2.75, 3.05) is 6.61 Å². The molecule has 4 unspecified atom stereocenters. The predicted octanol–water partition coefficient (Wildman–Crippen LogP) is 7.47. The zero-order valence-corrected chi connectivity index (χ0v) is 24.1. The summed E-state index contributed by atoms with van der Waals surface area (Å²) in [6.07, 6.45) is -0.260. The van der Waals surface area contributed by atoms with Gasteiger partial charge >= 0.3 is 5.97 Å². The molecule has 0 aliphatic carbocycles. The molecule has 0 radical (unpaired) electrons. The fraction of sp³-hybridized carbons (Fsp3) is 0.306. The average Bonchev–Trinajstić information content (AvgIpc) is 3.02. The lowest BCUT2D eigenvalue weighted by Gasteiger charge is -2.43. The largest absolute Gasteiger partial charge is 0.465 e. The minimum Gasteiger partial charge on any atom is -0.465 e. The highest BCUT2D eigenvalue weighted by Gasteiger charge is 2.42. The Hall–Kier alpha value is -3.97. The zero-order valence-electron chi connectivity index (χ0n) is 24.1. The molecular formula is C36H38O6. The third kappa shape index (κ3) is 8.29. The Labute approximate surface area is 248 Å². The highest BCUT2D eigenvalue weighted by atomic mass is 16.7. The molecule has 42 heavy (non-hydrogen) atoms. The van der Waals surface area contributed by atoms with Crippen molar-refractivity contribution in [2.24, 2.45) is 11.8 Å². The molecule has 218 valence electrons. The first-order chi connectivity index (χ1) is 20.5. The van der Waals surface area contributed by atoms with Crippen molar-refractivity contribution in [2.45, 2.75) is 52.0 Å². The van der Waals surface area contributed by atoms with E-state index >= 15 is 0 Å². The van der Waals surface area contributed by atoms with Gasteiger partial charge in [-0.25, -0.2) is 4.79 Å². The number of hydrogen-bond acceptors (Lipinski definition) is 6. The Balaban J connectivity index is 1.25. The second-order valence-corrected chi connectivity index (χ2v) is 10.9. The van der Waals surface area contributed by atoms with Crippen molar-refractivity contribution >= 4 is 5.97 Å². The summed E-state index contributed by atoms with van der Waals surface area (Å²) in [7, 11) is 0. The average molecular weight is 567 g/mol. The van der Waals surface area contributed by atoms with Crippen molar-refractivity contribution in [3.8, 4) is 11.5 Å². The number of rotatable bonds is 12. The second-order valence-electron chi connectivity index (χ2n) is 10.9. The Morgan fingerprint density at radius 3 is 1.95 bits per heavy atom. The molecule has 1 saturated heterocycles. The summed E-state index contributed by atoms with van der Waals surface area (Å²) in [5.74, 6) is 1.22. The van der Waals surface area contributed by atoms with Gasteiger partial charge in [-0.3, -0.25) is 0 Å². The van der Waals surface area contributed by atoms with Gasteiger partial charge in [0.25, 0.3) is 0 Å². The second kappa shape index (κ2) is 14.8. The zero-order chi connectivity index (χ0) is 29.1. The van der Waals surface area contributed by atoms with Crippen LogP contribution in [0.1, 0.15) is 41.8 Å². The molecule has 4 atom stereocenters. The highest BCUT2D eigenvalue weighted by molar-refractivity contribution is 5.90. The molecular weight excluding hydrogens is 528 g/mol. The van der Waals surface area contributed by atoms with Crippen LogP contribution in [0.4, 0.5) is 0 Å². The summed E-state index contributed by atoms with van der Waals surface area (Å²) in [5, 5.41) is 0. The third-order valence-corrected chi connectivity index (χ3v) is 7.43. The minimum absolute atomic E-state index is 0.152. The lowest BCUT2D eigenvalue weighted by atomic mass is 9.82. The van der Waals surface area contributed by atoms with Crippen LogP contribution in [0.15, 0.2) is 115 Å². The summed E-state index contributed by atoms with van der Waals surface area (Å²) in [6.45, 7) is 5.80. The predicted molar refractivity (Wildman–Crippen MR) is 161 cm³/mol. The van der Waals surface area contributed by atoms with Gasteiger partial charge in [0.05, 0.1) is 31.5 Å². The highest BCUT2D eigenvalue weighted by Crippen LogP contribution is 2.35. The van der Waals surface area contributed by atoms with Crippen LogP contribution in [0.3, 0.4) is 0 Å². The summed E-state index contributed by atoms with van der Waals surface area (Å²) in [5.41, 5.74) is 2.73. The first kappa shape index (κ1) is 29.5. The molecule has 5 rings (SSSR count). The normalized spacial score (nSPS) is 20.3. The fourth-order valence-corrected chi connectivity index (χ4v) is 5.16. The molecule has 0 N–H and O–H groups in total. The van der Waals surface area contributed by atoms with Crippen LogP contribution >= 0.6 is 0 Å². The number of carbonyl (C=O) groups is 1. The molecule has 6 heteroatoms. The maximum absolute atomic E-state index is 12.4. The van der Waals surface area contributed by atoms with Crippen LogP contribution in [0.2, 0.25) is 0 Å². The van der Waals surface area contributed by atoms with E-state index in [-0.39, 0.29) is 18.1 Å². The van der Waals surface area contributed by atoms with E-state index in [0.717, 1.165) is 11.1 Å². The van der Waals surface area contributed by atoms with Crippen LogP contribution in [0, 0.1) is 11.8 Å². The fourth-order valence-electron chi connectivity index (χ4n) is 5.16. The Bertz CT molecular complexity index is 1360. The molecule has 0 aromatic heterocycles. The molecule has 0 bridgehead atoms. The lowest BCUT2D eigenvalue weighted by Crippen LogP contribution is -2.51. The topological polar surface area (TPSA) is 63.2 Å². The van der Waals surface area contributed by atoms with Gasteiger partial charge in [0.1, 0.15) is 17.6 Å². The first-order valence-electron chi connectivity index (χ1n) is 14.5. The van der Waals surface area contributed by atoms with E-state index in [9.17, 15) is 4.79 Å². The number of carbonyl (C=O) groups excluding carboxylic acids is 1. The lowest BCUT2D eigenvalue weighted by molar-refractivity contribution is -0.240. The number of ether oxygens (including phenoxy) is 5. The Morgan fingerprint density at radius 1 is 0.762 bits per heavy atom. The Kier molecular flexibility index (Phi) is 10.4. The molecule has 1 heterocycles. The van der Waals surface area contributed by atoms with Gasteiger partial charge in [-0.15, -0.1) is 0 Å². The van der Waals surface area contributed by atoms with Crippen LogP contribution in [0.25, 0.3) is 0 Å². The van der Waals surface area contributed by atoms with Crippen molar-refractivity contribution in [1.29, 1.82) is 0 Å². The molecule has 0 spiro atoms. The molecule has 1 aliphatic heterocycles.